The number of hydrogen-bond acceptors (Lipinski definition) is 5. The zero-order valence-corrected chi connectivity index (χ0v) is 15.4. The minimum absolute atomic E-state index is 0.630. The number of carbonyl (C=O) groups excluding carboxylic acids is 1. The van der Waals surface area contributed by atoms with Gasteiger partial charge in [-0.1, -0.05) is 6.92 Å². The summed E-state index contributed by atoms with van der Waals surface area (Å²) in [6.07, 6.45) is 4.27. The third kappa shape index (κ3) is 3.84. The van der Waals surface area contributed by atoms with Crippen molar-refractivity contribution >= 4 is 17.8 Å². The van der Waals surface area contributed by atoms with Crippen LogP contribution in [0.3, 0.4) is 0 Å². The fraction of sp³-hybridized carbons (Fsp3) is 0.632. The molecule has 2 heterocycles. The molecule has 138 valence electrons. The maximum atomic E-state index is 10.9. The lowest BCUT2D eigenvalue weighted by atomic mass is 9.99. The van der Waals surface area contributed by atoms with Crippen LogP contribution in [0.15, 0.2) is 12.1 Å². The number of benzene rings is 1. The Morgan fingerprint density at radius 2 is 1.84 bits per heavy atom. The van der Waals surface area contributed by atoms with Crippen LogP contribution in [-0.4, -0.2) is 68.6 Å². The fourth-order valence-corrected chi connectivity index (χ4v) is 4.07. The summed E-state index contributed by atoms with van der Waals surface area (Å²) in [5, 5.41) is 0. The van der Waals surface area contributed by atoms with Gasteiger partial charge in [-0.05, 0) is 30.9 Å². The predicted molar refractivity (Wildman–Crippen MR) is 101 cm³/mol. The van der Waals surface area contributed by atoms with E-state index in [1.165, 1.54) is 11.3 Å². The number of aryl methyl sites for hydroxylation is 1. The number of nitrogens with zero attached hydrogens (tertiary/aromatic N) is 3. The molecular formula is C19H30N4O2. The topological polar surface area (TPSA) is 62.0 Å². The summed E-state index contributed by atoms with van der Waals surface area (Å²) < 4.78 is 5.42. The Bertz CT molecular complexity index is 591. The average Bonchev–Trinajstić information content (AvgIpc) is 2.68. The van der Waals surface area contributed by atoms with Crippen LogP contribution in [0.1, 0.15) is 25.3 Å². The molecule has 2 aliphatic heterocycles. The molecule has 2 N–H and O–H groups in total. The lowest BCUT2D eigenvalue weighted by Crippen LogP contribution is -2.53. The molecule has 0 bridgehead atoms. The molecule has 2 fully saturated rings. The number of nitrogen functional groups attached to an aromatic ring is 1. The van der Waals surface area contributed by atoms with Gasteiger partial charge in [0.05, 0.1) is 12.8 Å². The molecule has 0 aromatic heterocycles. The molecule has 2 aliphatic rings. The summed E-state index contributed by atoms with van der Waals surface area (Å²) in [5.41, 5.74) is 9.33. The first-order chi connectivity index (χ1) is 12.2. The van der Waals surface area contributed by atoms with E-state index in [1.807, 2.05) is 4.90 Å². The highest BCUT2D eigenvalue weighted by Crippen LogP contribution is 2.34. The number of anilines is 2. The average molecular weight is 346 g/mol. The Hall–Kier alpha value is -1.95. The molecule has 0 unspecified atom stereocenters. The normalized spacial score (nSPS) is 19.9. The number of piperazine rings is 1. The van der Waals surface area contributed by atoms with E-state index in [1.54, 1.807) is 7.11 Å². The first-order valence-corrected chi connectivity index (χ1v) is 9.31. The summed E-state index contributed by atoms with van der Waals surface area (Å²) >= 11 is 0. The van der Waals surface area contributed by atoms with Crippen molar-refractivity contribution in [2.75, 3.05) is 57.0 Å². The van der Waals surface area contributed by atoms with Gasteiger partial charge >= 0.3 is 0 Å². The molecule has 0 atom stereocenters. The predicted octanol–water partition coefficient (Wildman–Crippen LogP) is 1.58. The maximum Gasteiger partial charge on any atom is 0.209 e. The van der Waals surface area contributed by atoms with E-state index >= 15 is 0 Å². The monoisotopic (exact) mass is 346 g/mol. The summed E-state index contributed by atoms with van der Waals surface area (Å²) in [4.78, 5) is 17.8. The number of methoxy groups -OCH3 is 1. The summed E-state index contributed by atoms with van der Waals surface area (Å²) in [5.74, 6) is 0.763. The Morgan fingerprint density at radius 3 is 2.40 bits per heavy atom. The molecule has 0 aliphatic carbocycles. The van der Waals surface area contributed by atoms with Gasteiger partial charge in [0, 0.05) is 57.1 Å². The van der Waals surface area contributed by atoms with Crippen molar-refractivity contribution < 1.29 is 9.53 Å². The van der Waals surface area contributed by atoms with Crippen LogP contribution < -0.4 is 15.4 Å². The van der Waals surface area contributed by atoms with E-state index in [0.29, 0.717) is 11.7 Å². The van der Waals surface area contributed by atoms with Gasteiger partial charge in [-0.3, -0.25) is 9.69 Å². The van der Waals surface area contributed by atoms with Crippen LogP contribution in [0.25, 0.3) is 0 Å². The number of rotatable bonds is 5. The summed E-state index contributed by atoms with van der Waals surface area (Å²) in [7, 11) is 1.67. The van der Waals surface area contributed by atoms with Crippen LogP contribution in [-0.2, 0) is 11.2 Å². The van der Waals surface area contributed by atoms with Crippen molar-refractivity contribution in [3.8, 4) is 5.75 Å². The van der Waals surface area contributed by atoms with Crippen molar-refractivity contribution in [2.24, 2.45) is 0 Å². The zero-order chi connectivity index (χ0) is 17.8. The molecule has 6 heteroatoms. The third-order valence-corrected chi connectivity index (χ3v) is 5.63. The highest BCUT2D eigenvalue weighted by molar-refractivity contribution is 5.67. The Labute approximate surface area is 150 Å². The third-order valence-electron chi connectivity index (χ3n) is 5.63. The van der Waals surface area contributed by atoms with Crippen LogP contribution in [0.5, 0.6) is 5.75 Å². The molecule has 1 amide bonds. The number of nitrogens with two attached hydrogens (primary N) is 1. The molecule has 6 nitrogen and oxygen atoms in total. The van der Waals surface area contributed by atoms with E-state index in [0.717, 1.165) is 70.7 Å². The van der Waals surface area contributed by atoms with Gasteiger partial charge in [0.15, 0.2) is 0 Å². The van der Waals surface area contributed by atoms with Gasteiger partial charge < -0.3 is 20.3 Å². The molecule has 1 aromatic rings. The van der Waals surface area contributed by atoms with E-state index in [9.17, 15) is 4.79 Å². The van der Waals surface area contributed by atoms with E-state index < -0.39 is 0 Å². The standard InChI is InChI=1S/C19H30N4O2/c1-3-15-12-17(20)19(25-2)13-18(15)23-6-4-16(5-7-23)22-10-8-21(14-24)9-11-22/h12-14,16H,3-11,20H2,1-2H3. The summed E-state index contributed by atoms with van der Waals surface area (Å²) in [6.45, 7) is 8.00. The van der Waals surface area contributed by atoms with Crippen LogP contribution in [0, 0.1) is 0 Å². The van der Waals surface area contributed by atoms with E-state index in [-0.39, 0.29) is 0 Å². The zero-order valence-electron chi connectivity index (χ0n) is 15.4. The molecule has 1 aromatic carbocycles. The minimum Gasteiger partial charge on any atom is -0.495 e. The second-order valence-electron chi connectivity index (χ2n) is 6.97. The molecular weight excluding hydrogens is 316 g/mol. The van der Waals surface area contributed by atoms with Crippen LogP contribution in [0.4, 0.5) is 11.4 Å². The SMILES string of the molecule is CCc1cc(N)c(OC)cc1N1CCC(N2CCN(C=O)CC2)CC1. The molecule has 3 rings (SSSR count). The number of ether oxygens (including phenoxy) is 1. The number of amides is 1. The van der Waals surface area contributed by atoms with Crippen molar-refractivity contribution in [1.82, 2.24) is 9.80 Å². The Kier molecular flexibility index (Phi) is 5.68. The smallest absolute Gasteiger partial charge is 0.209 e. The summed E-state index contributed by atoms with van der Waals surface area (Å²) in [6, 6.07) is 4.78. The molecule has 2 saturated heterocycles. The second-order valence-corrected chi connectivity index (χ2v) is 6.97. The maximum absolute atomic E-state index is 10.9. The second kappa shape index (κ2) is 7.95. The molecule has 0 radical (unpaired) electrons. The first-order valence-electron chi connectivity index (χ1n) is 9.31. The van der Waals surface area contributed by atoms with Gasteiger partial charge in [0.1, 0.15) is 5.75 Å². The van der Waals surface area contributed by atoms with Crippen molar-refractivity contribution in [2.45, 2.75) is 32.2 Å². The van der Waals surface area contributed by atoms with Gasteiger partial charge in [-0.25, -0.2) is 0 Å². The minimum atomic E-state index is 0.630. The lowest BCUT2D eigenvalue weighted by Gasteiger charge is -2.43. The Morgan fingerprint density at radius 1 is 1.16 bits per heavy atom. The van der Waals surface area contributed by atoms with Crippen LogP contribution >= 0.6 is 0 Å². The van der Waals surface area contributed by atoms with Gasteiger partial charge in [-0.2, -0.15) is 0 Å². The first kappa shape index (κ1) is 17.9. The van der Waals surface area contributed by atoms with E-state index in [4.69, 9.17) is 10.5 Å². The highest BCUT2D eigenvalue weighted by Gasteiger charge is 2.28. The van der Waals surface area contributed by atoms with Gasteiger partial charge in [-0.15, -0.1) is 0 Å². The lowest BCUT2D eigenvalue weighted by molar-refractivity contribution is -0.120. The van der Waals surface area contributed by atoms with Crippen molar-refractivity contribution in [3.63, 3.8) is 0 Å². The quantitative estimate of drug-likeness (QED) is 0.648. The molecule has 0 spiro atoms. The number of piperidine rings is 1. The molecule has 25 heavy (non-hydrogen) atoms. The number of hydrogen-bond donors (Lipinski definition) is 1. The molecule has 0 saturated carbocycles. The van der Waals surface area contributed by atoms with Crippen molar-refractivity contribution in [3.05, 3.63) is 17.7 Å². The van der Waals surface area contributed by atoms with E-state index in [2.05, 4.69) is 28.9 Å². The number of carbonyl (C=O) groups is 1. The van der Waals surface area contributed by atoms with Gasteiger partial charge in [0.2, 0.25) is 6.41 Å². The van der Waals surface area contributed by atoms with Crippen molar-refractivity contribution in [1.29, 1.82) is 0 Å². The highest BCUT2D eigenvalue weighted by atomic mass is 16.5. The van der Waals surface area contributed by atoms with Crippen LogP contribution in [0.2, 0.25) is 0 Å². The fourth-order valence-electron chi connectivity index (χ4n) is 4.07. The van der Waals surface area contributed by atoms with Gasteiger partial charge in [0.25, 0.3) is 0 Å². The largest absolute Gasteiger partial charge is 0.495 e. The Balaban J connectivity index is 1.63.